The minimum Gasteiger partial charge on any atom is -0.327 e. The average Bonchev–Trinajstić information content (AvgIpc) is 2.85. The van der Waals surface area contributed by atoms with Crippen molar-refractivity contribution in [2.24, 2.45) is 0 Å². The Labute approximate surface area is 234 Å². The van der Waals surface area contributed by atoms with Gasteiger partial charge < -0.3 is 5.67 Å². The largest absolute Gasteiger partial charge is 0.327 e. The molecule has 2 aliphatic rings. The Morgan fingerprint density at radius 2 is 0.581 bits per heavy atom. The van der Waals surface area contributed by atoms with Gasteiger partial charge in [-0.1, -0.05) is 108 Å². The van der Waals surface area contributed by atoms with Crippen molar-refractivity contribution in [3.8, 4) is 0 Å². The molecule has 0 aliphatic heterocycles. The SMILES string of the molecule is C[C]1[C](C)[C](C)[C]([Si](C)(C)[C]2[C](C)[C](C)[C](C)[C]2C)[C]1C.C[Si](C)(C)[CH-][Si](C)(C)C.[Nd]. The molecule has 2 fully saturated rings. The molecule has 2 rings (SSSR count). The van der Waals surface area contributed by atoms with Crippen molar-refractivity contribution in [3.63, 3.8) is 0 Å². The molecule has 0 aromatic heterocycles. The molecule has 0 heterocycles. The van der Waals surface area contributed by atoms with E-state index in [2.05, 4.69) is 113 Å². The zero-order valence-electron chi connectivity index (χ0n) is 23.6. The van der Waals surface area contributed by atoms with Gasteiger partial charge in [0, 0.05) is 40.8 Å². The fourth-order valence-electron chi connectivity index (χ4n) is 5.74. The van der Waals surface area contributed by atoms with E-state index in [1.165, 1.54) is 47.3 Å². The van der Waals surface area contributed by atoms with E-state index in [-0.39, 0.29) is 40.8 Å². The standard InChI is InChI=1S/C20H30Si.C7H19Si2.Nd/c1-11-12(2)16(6)19(15(11)5)21(9,10)20-17(7)13(3)14(4)18(20)8;1-8(2,3)7-9(4,5)6;/h1-10H3;7H,1-6H3;/q;-1;. The molecular formula is C27H49NdSi3-. The van der Waals surface area contributed by atoms with Gasteiger partial charge in [0.25, 0.3) is 0 Å². The van der Waals surface area contributed by atoms with Gasteiger partial charge in [-0.05, 0) is 58.4 Å². The summed E-state index contributed by atoms with van der Waals surface area (Å²) < 4.78 is 0. The summed E-state index contributed by atoms with van der Waals surface area (Å²) >= 11 is 0. The van der Waals surface area contributed by atoms with E-state index < -0.39 is 24.2 Å². The van der Waals surface area contributed by atoms with E-state index >= 15 is 0 Å². The van der Waals surface area contributed by atoms with Crippen molar-refractivity contribution in [2.45, 2.75) is 108 Å². The Bertz CT molecular complexity index is 474. The first-order valence-corrected chi connectivity index (χ1v) is 21.7. The summed E-state index contributed by atoms with van der Waals surface area (Å²) in [6.07, 6.45) is 0. The maximum atomic E-state index is 2.65. The van der Waals surface area contributed by atoms with Gasteiger partial charge in [0.15, 0.2) is 0 Å². The quantitative estimate of drug-likeness (QED) is 0.223. The molecule has 10 radical (unpaired) electrons. The average molecular weight is 602 g/mol. The van der Waals surface area contributed by atoms with Gasteiger partial charge in [-0.3, -0.25) is 0 Å². The van der Waals surface area contributed by atoms with Crippen LogP contribution < -0.4 is 0 Å². The van der Waals surface area contributed by atoms with Crippen LogP contribution in [-0.2, 0) is 0 Å². The minimum atomic E-state index is -1.65. The molecule has 0 aromatic carbocycles. The van der Waals surface area contributed by atoms with Gasteiger partial charge in [0.1, 0.15) is 0 Å². The molecule has 0 nitrogen and oxygen atoms in total. The van der Waals surface area contributed by atoms with Crippen molar-refractivity contribution in [3.05, 3.63) is 64.1 Å². The first-order chi connectivity index (χ1) is 13.2. The van der Waals surface area contributed by atoms with Crippen LogP contribution in [0.25, 0.3) is 0 Å². The van der Waals surface area contributed by atoms with E-state index in [1.807, 2.05) is 0 Å². The zero-order chi connectivity index (χ0) is 24.0. The van der Waals surface area contributed by atoms with Crippen molar-refractivity contribution in [1.82, 2.24) is 0 Å². The molecule has 0 unspecified atom stereocenters. The molecule has 174 valence electrons. The molecule has 2 aliphatic carbocycles. The Morgan fingerprint density at radius 1 is 0.387 bits per heavy atom. The van der Waals surface area contributed by atoms with Gasteiger partial charge in [-0.25, -0.2) is 0 Å². The van der Waals surface area contributed by atoms with Gasteiger partial charge in [0.05, 0.1) is 8.07 Å². The Kier molecular flexibility index (Phi) is 12.6. The first kappa shape index (κ1) is 33.0. The third-order valence-corrected chi connectivity index (χ3v) is 17.9. The van der Waals surface area contributed by atoms with Crippen LogP contribution in [0.5, 0.6) is 0 Å². The normalized spacial score (nSPS) is 24.0. The second kappa shape index (κ2) is 11.8. The van der Waals surface area contributed by atoms with Gasteiger partial charge in [-0.15, -0.1) is 16.1 Å². The molecule has 0 aromatic rings. The fourth-order valence-corrected chi connectivity index (χ4v) is 20.9. The molecule has 0 N–H and O–H groups in total. The molecule has 0 atom stereocenters. The monoisotopic (exact) mass is 599 g/mol. The Hall–Kier alpha value is 2.00. The van der Waals surface area contributed by atoms with Crippen molar-refractivity contribution >= 4 is 24.2 Å². The van der Waals surface area contributed by atoms with Crippen LogP contribution in [0.1, 0.15) is 55.4 Å². The summed E-state index contributed by atoms with van der Waals surface area (Å²) in [6, 6.07) is 0. The smallest absolute Gasteiger partial charge is 0.0633 e. The minimum absolute atomic E-state index is 0. The topological polar surface area (TPSA) is 0 Å². The molecular weight excluding hydrogens is 553 g/mol. The third kappa shape index (κ3) is 8.00. The summed E-state index contributed by atoms with van der Waals surface area (Å²) in [7, 11) is -3.37. The maximum Gasteiger partial charge on any atom is 0.0633 e. The van der Waals surface area contributed by atoms with Crippen LogP contribution in [0, 0.1) is 105 Å². The van der Waals surface area contributed by atoms with Crippen LogP contribution in [-0.4, -0.2) is 24.2 Å². The van der Waals surface area contributed by atoms with E-state index in [9.17, 15) is 0 Å². The first-order valence-electron chi connectivity index (χ1n) is 11.6. The van der Waals surface area contributed by atoms with Crippen LogP contribution in [0.4, 0.5) is 0 Å². The van der Waals surface area contributed by atoms with Gasteiger partial charge in [0.2, 0.25) is 0 Å². The molecule has 2 saturated carbocycles. The predicted molar refractivity (Wildman–Crippen MR) is 146 cm³/mol. The second-order valence-electron chi connectivity index (χ2n) is 12.3. The van der Waals surface area contributed by atoms with E-state index in [1.54, 1.807) is 11.1 Å². The Morgan fingerprint density at radius 3 is 0.710 bits per heavy atom. The van der Waals surface area contributed by atoms with Crippen molar-refractivity contribution in [1.29, 1.82) is 0 Å². The predicted octanol–water partition coefficient (Wildman–Crippen LogP) is 8.65. The summed E-state index contributed by atoms with van der Waals surface area (Å²) in [5.41, 5.74) is 6.00. The summed E-state index contributed by atoms with van der Waals surface area (Å²) in [6.45, 7) is 38.0. The Balaban J connectivity index is 0.000000769. The fraction of sp³-hybridized carbons (Fsp3) is 0.593. The summed E-state index contributed by atoms with van der Waals surface area (Å²) in [4.78, 5) is 0. The molecule has 0 amide bonds. The van der Waals surface area contributed by atoms with Crippen LogP contribution in [0.15, 0.2) is 0 Å². The second-order valence-corrected chi connectivity index (χ2v) is 27.1. The molecule has 0 spiro atoms. The van der Waals surface area contributed by atoms with Crippen LogP contribution in [0.3, 0.4) is 0 Å². The molecule has 4 heteroatoms. The van der Waals surface area contributed by atoms with Crippen molar-refractivity contribution in [2.75, 3.05) is 0 Å². The van der Waals surface area contributed by atoms with Crippen LogP contribution in [0.2, 0.25) is 52.4 Å². The van der Waals surface area contributed by atoms with Gasteiger partial charge in [-0.2, -0.15) is 0 Å². The summed E-state index contributed by atoms with van der Waals surface area (Å²) in [5, 5.41) is 0. The van der Waals surface area contributed by atoms with E-state index in [0.29, 0.717) is 0 Å². The molecule has 0 saturated heterocycles. The summed E-state index contributed by atoms with van der Waals surface area (Å²) in [5.74, 6) is 12.1. The van der Waals surface area contributed by atoms with Gasteiger partial charge >= 0.3 is 0 Å². The molecule has 31 heavy (non-hydrogen) atoms. The van der Waals surface area contributed by atoms with Crippen LogP contribution >= 0.6 is 0 Å². The number of rotatable bonds is 4. The van der Waals surface area contributed by atoms with Crippen molar-refractivity contribution < 1.29 is 40.8 Å². The third-order valence-electron chi connectivity index (χ3n) is 6.99. The maximum absolute atomic E-state index is 2.65. The van der Waals surface area contributed by atoms with E-state index in [0.717, 1.165) is 0 Å². The van der Waals surface area contributed by atoms with E-state index in [4.69, 9.17) is 0 Å². The zero-order valence-corrected chi connectivity index (χ0v) is 29.8. The number of hydrogen-bond donors (Lipinski definition) is 0. The molecule has 0 bridgehead atoms. The number of hydrogen-bond acceptors (Lipinski definition) is 0.